The Labute approximate surface area is 158 Å². The maximum absolute atomic E-state index is 12.5. The molecule has 0 radical (unpaired) electrons. The molecule has 0 unspecified atom stereocenters. The minimum atomic E-state index is -3.92. The second-order valence-electron chi connectivity index (χ2n) is 4.82. The minimum absolute atomic E-state index is 0.0665. The van der Waals surface area contributed by atoms with Crippen LogP contribution >= 0.6 is 34.5 Å². The van der Waals surface area contributed by atoms with Gasteiger partial charge in [0.1, 0.15) is 15.7 Å². The second kappa shape index (κ2) is 7.17. The first-order chi connectivity index (χ1) is 11.9. The van der Waals surface area contributed by atoms with Crippen LogP contribution < -0.4 is 9.46 Å². The summed E-state index contributed by atoms with van der Waals surface area (Å²) >= 11 is 12.9. The predicted molar refractivity (Wildman–Crippen MR) is 99.2 cm³/mol. The highest BCUT2D eigenvalue weighted by Crippen LogP contribution is 2.31. The number of nitrogens with zero attached hydrogens (tertiary/aromatic N) is 2. The molecule has 3 rings (SSSR count). The average molecular weight is 416 g/mol. The quantitative estimate of drug-likeness (QED) is 0.670. The number of aromatic nitrogens is 2. The molecule has 0 saturated carbocycles. The molecule has 2 aromatic carbocycles. The summed E-state index contributed by atoms with van der Waals surface area (Å²) in [5.41, 5.74) is 0.796. The van der Waals surface area contributed by atoms with E-state index < -0.39 is 10.0 Å². The molecule has 0 aliphatic carbocycles. The molecular weight excluding hydrogens is 405 g/mol. The summed E-state index contributed by atoms with van der Waals surface area (Å²) in [7, 11) is -2.35. The number of hydrogen-bond donors (Lipinski definition) is 1. The van der Waals surface area contributed by atoms with E-state index in [1.807, 2.05) is 12.1 Å². The molecule has 0 bridgehead atoms. The number of anilines is 1. The molecule has 1 N–H and O–H groups in total. The number of sulfonamides is 1. The lowest BCUT2D eigenvalue weighted by molar-refractivity contribution is 0.415. The Hall–Kier alpha value is -1.87. The van der Waals surface area contributed by atoms with E-state index in [1.54, 1.807) is 19.2 Å². The van der Waals surface area contributed by atoms with Gasteiger partial charge in [0.15, 0.2) is 0 Å². The van der Waals surface area contributed by atoms with Crippen molar-refractivity contribution >= 4 is 49.7 Å². The van der Waals surface area contributed by atoms with Gasteiger partial charge >= 0.3 is 0 Å². The molecule has 3 aromatic rings. The summed E-state index contributed by atoms with van der Waals surface area (Å²) in [5, 5.41) is 8.90. The van der Waals surface area contributed by atoms with Gasteiger partial charge in [-0.15, -0.1) is 10.2 Å². The number of halogens is 2. The van der Waals surface area contributed by atoms with Gasteiger partial charge in [-0.05, 0) is 42.5 Å². The fourth-order valence-electron chi connectivity index (χ4n) is 1.97. The van der Waals surface area contributed by atoms with Crippen LogP contribution in [0.15, 0.2) is 47.4 Å². The van der Waals surface area contributed by atoms with Crippen LogP contribution in [0.4, 0.5) is 5.13 Å². The molecule has 25 heavy (non-hydrogen) atoms. The highest BCUT2D eigenvalue weighted by Gasteiger charge is 2.21. The third-order valence-corrected chi connectivity index (χ3v) is 6.24. The first-order valence-corrected chi connectivity index (χ1v) is 9.90. The van der Waals surface area contributed by atoms with E-state index in [-0.39, 0.29) is 20.1 Å². The van der Waals surface area contributed by atoms with Gasteiger partial charge < -0.3 is 4.74 Å². The number of hydrogen-bond acceptors (Lipinski definition) is 6. The molecule has 0 aliphatic heterocycles. The van der Waals surface area contributed by atoms with Crippen LogP contribution in [0.5, 0.6) is 5.75 Å². The van der Waals surface area contributed by atoms with Crippen molar-refractivity contribution in [2.45, 2.75) is 4.90 Å². The number of rotatable bonds is 5. The van der Waals surface area contributed by atoms with Crippen molar-refractivity contribution in [3.8, 4) is 16.3 Å². The molecule has 0 aliphatic rings. The number of ether oxygens (including phenoxy) is 1. The van der Waals surface area contributed by atoms with Crippen molar-refractivity contribution in [3.05, 3.63) is 52.5 Å². The van der Waals surface area contributed by atoms with Gasteiger partial charge in [0.2, 0.25) is 5.13 Å². The van der Waals surface area contributed by atoms with E-state index in [4.69, 9.17) is 27.9 Å². The van der Waals surface area contributed by atoms with Crippen LogP contribution in [0, 0.1) is 0 Å². The molecule has 1 heterocycles. The van der Waals surface area contributed by atoms with Crippen LogP contribution in [0.25, 0.3) is 10.6 Å². The zero-order valence-electron chi connectivity index (χ0n) is 12.7. The normalized spacial score (nSPS) is 11.3. The third-order valence-electron chi connectivity index (χ3n) is 3.17. The molecular formula is C15H11Cl2N3O3S2. The van der Waals surface area contributed by atoms with Gasteiger partial charge in [0.25, 0.3) is 10.0 Å². The monoisotopic (exact) mass is 415 g/mol. The molecule has 6 nitrogen and oxygen atoms in total. The van der Waals surface area contributed by atoms with Crippen molar-refractivity contribution < 1.29 is 13.2 Å². The van der Waals surface area contributed by atoms with Crippen LogP contribution in [0.2, 0.25) is 10.0 Å². The molecule has 0 atom stereocenters. The molecule has 0 amide bonds. The summed E-state index contributed by atoms with van der Waals surface area (Å²) in [4.78, 5) is -0.122. The Morgan fingerprint density at radius 3 is 2.48 bits per heavy atom. The minimum Gasteiger partial charge on any atom is -0.497 e. The zero-order chi connectivity index (χ0) is 18.0. The number of methoxy groups -OCH3 is 1. The first-order valence-electron chi connectivity index (χ1n) is 6.85. The largest absolute Gasteiger partial charge is 0.497 e. The number of benzene rings is 2. The molecule has 10 heteroatoms. The smallest absolute Gasteiger partial charge is 0.265 e. The third kappa shape index (κ3) is 4.04. The van der Waals surface area contributed by atoms with E-state index in [9.17, 15) is 8.42 Å². The highest BCUT2D eigenvalue weighted by molar-refractivity contribution is 7.93. The van der Waals surface area contributed by atoms with Crippen molar-refractivity contribution in [2.24, 2.45) is 0 Å². The number of nitrogens with one attached hydrogen (secondary N) is 1. The van der Waals surface area contributed by atoms with Crippen molar-refractivity contribution in [2.75, 3.05) is 11.8 Å². The van der Waals surface area contributed by atoms with Gasteiger partial charge in [0.05, 0.1) is 12.1 Å². The summed E-state index contributed by atoms with van der Waals surface area (Å²) in [5.74, 6) is 0.713. The van der Waals surface area contributed by atoms with Crippen molar-refractivity contribution in [1.82, 2.24) is 10.2 Å². The average Bonchev–Trinajstić information content (AvgIpc) is 3.04. The van der Waals surface area contributed by atoms with Crippen LogP contribution in [-0.2, 0) is 10.0 Å². The Bertz CT molecular complexity index is 1010. The van der Waals surface area contributed by atoms with E-state index in [2.05, 4.69) is 14.9 Å². The van der Waals surface area contributed by atoms with E-state index in [0.717, 1.165) is 16.9 Å². The van der Waals surface area contributed by atoms with E-state index >= 15 is 0 Å². The molecule has 0 spiro atoms. The predicted octanol–water partition coefficient (Wildman–Crippen LogP) is 4.32. The van der Waals surface area contributed by atoms with Gasteiger partial charge in [-0.2, -0.15) is 0 Å². The lowest BCUT2D eigenvalue weighted by Gasteiger charge is -2.06. The maximum atomic E-state index is 12.5. The van der Waals surface area contributed by atoms with Crippen molar-refractivity contribution in [3.63, 3.8) is 0 Å². The summed E-state index contributed by atoms with van der Waals surface area (Å²) in [6, 6.07) is 11.4. The fraction of sp³-hybridized carbons (Fsp3) is 0.0667. The Kier molecular flexibility index (Phi) is 5.14. The summed E-state index contributed by atoms with van der Waals surface area (Å²) < 4.78 is 32.4. The fourth-order valence-corrected chi connectivity index (χ4v) is 4.71. The van der Waals surface area contributed by atoms with E-state index in [1.165, 1.54) is 18.2 Å². The standard InChI is InChI=1S/C15H11Cl2N3O3S2/c1-23-11-5-2-9(3-6-11)14-18-19-15(24-14)20-25(21,22)13-8-10(16)4-7-12(13)17/h2-8H,1H3,(H,19,20). The maximum Gasteiger partial charge on any atom is 0.265 e. The Balaban J connectivity index is 1.86. The van der Waals surface area contributed by atoms with Crippen LogP contribution in [0.3, 0.4) is 0 Å². The van der Waals surface area contributed by atoms with Crippen LogP contribution in [0.1, 0.15) is 0 Å². The zero-order valence-corrected chi connectivity index (χ0v) is 15.9. The van der Waals surface area contributed by atoms with Gasteiger partial charge in [-0.3, -0.25) is 4.72 Å². The molecule has 0 saturated heterocycles. The lowest BCUT2D eigenvalue weighted by atomic mass is 10.2. The van der Waals surface area contributed by atoms with Gasteiger partial charge in [0, 0.05) is 10.6 Å². The van der Waals surface area contributed by atoms with Gasteiger partial charge in [-0.25, -0.2) is 8.42 Å². The van der Waals surface area contributed by atoms with Gasteiger partial charge in [-0.1, -0.05) is 34.5 Å². The highest BCUT2D eigenvalue weighted by atomic mass is 35.5. The molecule has 130 valence electrons. The molecule has 0 fully saturated rings. The van der Waals surface area contributed by atoms with Crippen LogP contribution in [-0.4, -0.2) is 25.7 Å². The lowest BCUT2D eigenvalue weighted by Crippen LogP contribution is -2.13. The Morgan fingerprint density at radius 2 is 1.80 bits per heavy atom. The second-order valence-corrected chi connectivity index (χ2v) is 8.29. The summed E-state index contributed by atoms with van der Waals surface area (Å²) in [6.07, 6.45) is 0. The topological polar surface area (TPSA) is 81.2 Å². The van der Waals surface area contributed by atoms with E-state index in [0.29, 0.717) is 10.8 Å². The SMILES string of the molecule is COc1ccc(-c2nnc(NS(=O)(=O)c3cc(Cl)ccc3Cl)s2)cc1. The Morgan fingerprint density at radius 1 is 1.08 bits per heavy atom. The summed E-state index contributed by atoms with van der Waals surface area (Å²) in [6.45, 7) is 0. The molecule has 1 aromatic heterocycles. The first kappa shape index (κ1) is 17.9. The van der Waals surface area contributed by atoms with Crippen molar-refractivity contribution in [1.29, 1.82) is 0 Å².